The van der Waals surface area contributed by atoms with Crippen molar-refractivity contribution in [1.82, 2.24) is 4.90 Å². The third-order valence-electron chi connectivity index (χ3n) is 2.43. The molecule has 0 spiro atoms. The fourth-order valence-electron chi connectivity index (χ4n) is 1.65. The van der Waals surface area contributed by atoms with E-state index in [4.69, 9.17) is 0 Å². The summed E-state index contributed by atoms with van der Waals surface area (Å²) in [4.78, 5) is 24.2. The molecule has 1 aliphatic rings. The maximum Gasteiger partial charge on any atom is 0.261 e. The summed E-state index contributed by atoms with van der Waals surface area (Å²) in [5.74, 6) is -0.697. The number of rotatable bonds is 3. The molecule has 0 aliphatic carbocycles. The first-order chi connectivity index (χ1) is 7.65. The van der Waals surface area contributed by atoms with Crippen molar-refractivity contribution in [2.75, 3.05) is 13.2 Å². The molecule has 16 heavy (non-hydrogen) atoms. The van der Waals surface area contributed by atoms with E-state index in [9.17, 15) is 14.0 Å². The third kappa shape index (κ3) is 1.75. The highest BCUT2D eigenvalue weighted by Crippen LogP contribution is 2.23. The fraction of sp³-hybridized carbons (Fsp3) is 0.273. The largest absolute Gasteiger partial charge is 0.273 e. The molecule has 1 heterocycles. The summed E-state index contributed by atoms with van der Waals surface area (Å²) in [7, 11) is 0. The SMILES string of the molecule is O=C1c2ccccc2C(=O)N1CC(Br)CF. The molecule has 0 bridgehead atoms. The van der Waals surface area contributed by atoms with Gasteiger partial charge < -0.3 is 0 Å². The molecule has 5 heteroatoms. The van der Waals surface area contributed by atoms with Gasteiger partial charge in [0.25, 0.3) is 11.8 Å². The lowest BCUT2D eigenvalue weighted by atomic mass is 10.1. The van der Waals surface area contributed by atoms with Crippen LogP contribution >= 0.6 is 15.9 Å². The number of benzene rings is 1. The molecule has 2 amide bonds. The standard InChI is InChI=1S/C11H9BrFNO2/c12-7(5-13)6-14-10(15)8-3-1-2-4-9(8)11(14)16/h1-4,7H,5-6H2. The van der Waals surface area contributed by atoms with E-state index in [1.807, 2.05) is 0 Å². The fourth-order valence-corrected chi connectivity index (χ4v) is 1.94. The average molecular weight is 286 g/mol. The van der Waals surface area contributed by atoms with Gasteiger partial charge >= 0.3 is 0 Å². The van der Waals surface area contributed by atoms with Gasteiger partial charge in [-0.1, -0.05) is 28.1 Å². The predicted octanol–water partition coefficient (Wildman–Crippen LogP) is 2.02. The van der Waals surface area contributed by atoms with Crippen LogP contribution < -0.4 is 0 Å². The second-order valence-electron chi connectivity index (χ2n) is 3.52. The maximum atomic E-state index is 12.3. The summed E-state index contributed by atoms with van der Waals surface area (Å²) >= 11 is 3.07. The van der Waals surface area contributed by atoms with Crippen molar-refractivity contribution < 1.29 is 14.0 Å². The Morgan fingerprint density at radius 3 is 2.12 bits per heavy atom. The van der Waals surface area contributed by atoms with E-state index in [2.05, 4.69) is 15.9 Å². The van der Waals surface area contributed by atoms with E-state index >= 15 is 0 Å². The molecule has 0 aromatic heterocycles. The Morgan fingerprint density at radius 2 is 1.69 bits per heavy atom. The number of carbonyl (C=O) groups excluding carboxylic acids is 2. The summed E-state index contributed by atoms with van der Waals surface area (Å²) in [5.41, 5.74) is 0.789. The number of nitrogens with zero attached hydrogens (tertiary/aromatic N) is 1. The van der Waals surface area contributed by atoms with Crippen LogP contribution in [0, 0.1) is 0 Å². The predicted molar refractivity (Wildman–Crippen MR) is 60.5 cm³/mol. The van der Waals surface area contributed by atoms with Crippen LogP contribution in [-0.2, 0) is 0 Å². The Morgan fingerprint density at radius 1 is 1.19 bits per heavy atom. The van der Waals surface area contributed by atoms with Crippen LogP contribution in [-0.4, -0.2) is 34.8 Å². The van der Waals surface area contributed by atoms with Crippen LogP contribution in [0.4, 0.5) is 4.39 Å². The second-order valence-corrected chi connectivity index (χ2v) is 4.81. The minimum atomic E-state index is -0.618. The number of carbonyl (C=O) groups is 2. The third-order valence-corrected chi connectivity index (χ3v) is 2.96. The Balaban J connectivity index is 2.28. The summed E-state index contributed by atoms with van der Waals surface area (Å²) in [6, 6.07) is 6.62. The Bertz CT molecular complexity index is 414. The van der Waals surface area contributed by atoms with E-state index in [1.165, 1.54) is 0 Å². The van der Waals surface area contributed by atoms with Crippen molar-refractivity contribution in [1.29, 1.82) is 0 Å². The summed E-state index contributed by atoms with van der Waals surface area (Å²) in [6.07, 6.45) is 0. The van der Waals surface area contributed by atoms with E-state index in [0.717, 1.165) is 4.90 Å². The Hall–Kier alpha value is -1.23. The molecule has 84 valence electrons. The minimum absolute atomic E-state index is 0.0584. The van der Waals surface area contributed by atoms with Crippen molar-refractivity contribution in [3.63, 3.8) is 0 Å². The van der Waals surface area contributed by atoms with Crippen LogP contribution in [0.5, 0.6) is 0 Å². The van der Waals surface area contributed by atoms with E-state index in [1.54, 1.807) is 24.3 Å². The summed E-state index contributed by atoms with van der Waals surface area (Å²) in [6.45, 7) is -0.559. The lowest BCUT2D eigenvalue weighted by Gasteiger charge is -2.15. The molecule has 0 N–H and O–H groups in total. The second kappa shape index (κ2) is 4.33. The number of hydrogen-bond acceptors (Lipinski definition) is 2. The van der Waals surface area contributed by atoms with Gasteiger partial charge in [-0.3, -0.25) is 14.5 Å². The average Bonchev–Trinajstić information content (AvgIpc) is 2.55. The van der Waals surface area contributed by atoms with Gasteiger partial charge in [0.1, 0.15) is 6.67 Å². The van der Waals surface area contributed by atoms with E-state index in [0.29, 0.717) is 11.1 Å². The highest BCUT2D eigenvalue weighted by Gasteiger charge is 2.35. The Kier molecular flexibility index (Phi) is 3.05. The molecule has 0 fully saturated rings. The van der Waals surface area contributed by atoms with Gasteiger partial charge in [-0.05, 0) is 12.1 Å². The first-order valence-corrected chi connectivity index (χ1v) is 5.72. The first-order valence-electron chi connectivity index (χ1n) is 4.80. The number of alkyl halides is 2. The molecule has 0 radical (unpaired) electrons. The zero-order valence-electron chi connectivity index (χ0n) is 8.32. The molecule has 0 saturated carbocycles. The van der Waals surface area contributed by atoms with E-state index in [-0.39, 0.29) is 18.4 Å². The Labute approximate surface area is 100 Å². The number of amides is 2. The number of fused-ring (bicyclic) bond motifs is 1. The normalized spacial score (nSPS) is 16.5. The highest BCUT2D eigenvalue weighted by atomic mass is 79.9. The quantitative estimate of drug-likeness (QED) is 0.629. The topological polar surface area (TPSA) is 37.4 Å². The van der Waals surface area contributed by atoms with Crippen molar-refractivity contribution in [3.05, 3.63) is 35.4 Å². The lowest BCUT2D eigenvalue weighted by molar-refractivity contribution is 0.0653. The van der Waals surface area contributed by atoms with Crippen LogP contribution in [0.15, 0.2) is 24.3 Å². The van der Waals surface area contributed by atoms with E-state index < -0.39 is 11.5 Å². The van der Waals surface area contributed by atoms with Gasteiger partial charge in [-0.15, -0.1) is 0 Å². The van der Waals surface area contributed by atoms with Crippen LogP contribution in [0.3, 0.4) is 0 Å². The molecule has 3 nitrogen and oxygen atoms in total. The van der Waals surface area contributed by atoms with Crippen molar-refractivity contribution >= 4 is 27.7 Å². The smallest absolute Gasteiger partial charge is 0.261 e. The zero-order valence-corrected chi connectivity index (χ0v) is 9.91. The van der Waals surface area contributed by atoms with Crippen molar-refractivity contribution in [2.24, 2.45) is 0 Å². The van der Waals surface area contributed by atoms with Crippen molar-refractivity contribution in [2.45, 2.75) is 4.83 Å². The van der Waals surface area contributed by atoms with Crippen molar-refractivity contribution in [3.8, 4) is 0 Å². The van der Waals surface area contributed by atoms with Crippen LogP contribution in [0.25, 0.3) is 0 Å². The molecule has 1 aliphatic heterocycles. The molecular weight excluding hydrogens is 277 g/mol. The molecule has 1 aromatic carbocycles. The van der Waals surface area contributed by atoms with Gasteiger partial charge in [0.2, 0.25) is 0 Å². The maximum absolute atomic E-state index is 12.3. The lowest BCUT2D eigenvalue weighted by Crippen LogP contribution is -2.35. The first kappa shape index (κ1) is 11.3. The highest BCUT2D eigenvalue weighted by molar-refractivity contribution is 9.09. The summed E-state index contributed by atoms with van der Waals surface area (Å²) in [5, 5.41) is 0. The number of imide groups is 1. The summed E-state index contributed by atoms with van der Waals surface area (Å²) < 4.78 is 12.3. The van der Waals surface area contributed by atoms with Gasteiger partial charge in [-0.2, -0.15) is 0 Å². The molecule has 0 saturated heterocycles. The molecule has 1 aromatic rings. The molecule has 1 unspecified atom stereocenters. The number of halogens is 2. The molecular formula is C11H9BrFNO2. The van der Waals surface area contributed by atoms with Gasteiger partial charge in [-0.25, -0.2) is 4.39 Å². The molecule has 1 atom stereocenters. The molecule has 2 rings (SSSR count). The minimum Gasteiger partial charge on any atom is -0.273 e. The van der Waals surface area contributed by atoms with Crippen LogP contribution in [0.1, 0.15) is 20.7 Å². The zero-order chi connectivity index (χ0) is 11.7. The number of hydrogen-bond donors (Lipinski definition) is 0. The van der Waals surface area contributed by atoms with Gasteiger partial charge in [0.15, 0.2) is 0 Å². The van der Waals surface area contributed by atoms with Gasteiger partial charge in [0.05, 0.1) is 16.0 Å². The van der Waals surface area contributed by atoms with Crippen LogP contribution in [0.2, 0.25) is 0 Å². The van der Waals surface area contributed by atoms with Gasteiger partial charge in [0, 0.05) is 6.54 Å². The monoisotopic (exact) mass is 285 g/mol.